The summed E-state index contributed by atoms with van der Waals surface area (Å²) in [6, 6.07) is 7.42. The molecule has 2 N–H and O–H groups in total. The number of amides is 2. The van der Waals surface area contributed by atoms with Gasteiger partial charge in [0.15, 0.2) is 5.82 Å². The zero-order chi connectivity index (χ0) is 16.7. The molecule has 7 heteroatoms. The Morgan fingerprint density at radius 1 is 1.30 bits per heavy atom. The lowest BCUT2D eigenvalue weighted by Gasteiger charge is -2.18. The van der Waals surface area contributed by atoms with Crippen LogP contribution in [0.1, 0.15) is 37.7 Å². The largest absolute Gasteiger partial charge is 0.497 e. The van der Waals surface area contributed by atoms with Crippen molar-refractivity contribution in [1.82, 2.24) is 25.4 Å². The summed E-state index contributed by atoms with van der Waals surface area (Å²) in [6.07, 6.45) is 2.45. The molecule has 0 aliphatic rings. The Kier molecular flexibility index (Phi) is 5.96. The molecule has 2 rings (SSSR count). The van der Waals surface area contributed by atoms with Gasteiger partial charge in [0.25, 0.3) is 0 Å². The summed E-state index contributed by atoms with van der Waals surface area (Å²) in [6.45, 7) is 5.15. The molecular weight excluding hydrogens is 294 g/mol. The summed E-state index contributed by atoms with van der Waals surface area (Å²) < 4.78 is 7.04. The van der Waals surface area contributed by atoms with Crippen molar-refractivity contribution in [2.45, 2.75) is 39.4 Å². The lowest BCUT2D eigenvalue weighted by Crippen LogP contribution is -2.38. The third-order valence-electron chi connectivity index (χ3n) is 3.68. The fourth-order valence-corrected chi connectivity index (χ4v) is 2.31. The molecule has 0 radical (unpaired) electrons. The number of carbonyl (C=O) groups is 1. The number of carbonyl (C=O) groups excluding carboxylic acids is 1. The maximum Gasteiger partial charge on any atom is 0.315 e. The van der Waals surface area contributed by atoms with E-state index < -0.39 is 0 Å². The standard InChI is InChI=1S/C16H23N5O2/c1-4-14(12-6-8-13(23-3)9-7-12)19-16(22)17-10-15-20-18-11-21(15)5-2/h6-9,11,14H,4-5,10H2,1-3H3,(H2,17,19,22)/t14-/m0/s1. The topological polar surface area (TPSA) is 81.1 Å². The fraction of sp³-hybridized carbons (Fsp3) is 0.438. The highest BCUT2D eigenvalue weighted by Gasteiger charge is 2.13. The highest BCUT2D eigenvalue weighted by atomic mass is 16.5. The molecule has 1 aromatic carbocycles. The molecule has 0 spiro atoms. The number of urea groups is 1. The van der Waals surface area contributed by atoms with Crippen molar-refractivity contribution in [3.8, 4) is 5.75 Å². The number of benzene rings is 1. The zero-order valence-electron chi connectivity index (χ0n) is 13.7. The summed E-state index contributed by atoms with van der Waals surface area (Å²) in [7, 11) is 1.63. The lowest BCUT2D eigenvalue weighted by molar-refractivity contribution is 0.236. The Labute approximate surface area is 136 Å². The van der Waals surface area contributed by atoms with E-state index in [0.717, 1.165) is 30.1 Å². The van der Waals surface area contributed by atoms with Crippen molar-refractivity contribution in [2.24, 2.45) is 0 Å². The van der Waals surface area contributed by atoms with Crippen LogP contribution in [0.15, 0.2) is 30.6 Å². The minimum absolute atomic E-state index is 0.0510. The predicted octanol–water partition coefficient (Wildman–Crippen LogP) is 2.26. The van der Waals surface area contributed by atoms with Crippen LogP contribution in [0.3, 0.4) is 0 Å². The number of hydrogen-bond acceptors (Lipinski definition) is 4. The first-order valence-electron chi connectivity index (χ1n) is 7.72. The first-order chi connectivity index (χ1) is 11.2. The third kappa shape index (κ3) is 4.45. The number of ether oxygens (including phenoxy) is 1. The summed E-state index contributed by atoms with van der Waals surface area (Å²) in [4.78, 5) is 12.1. The molecule has 1 atom stereocenters. The van der Waals surface area contributed by atoms with Crippen LogP contribution in [0.5, 0.6) is 5.75 Å². The van der Waals surface area contributed by atoms with Gasteiger partial charge in [-0.2, -0.15) is 0 Å². The second kappa shape index (κ2) is 8.17. The fourth-order valence-electron chi connectivity index (χ4n) is 2.31. The van der Waals surface area contributed by atoms with E-state index in [1.165, 1.54) is 0 Å². The van der Waals surface area contributed by atoms with E-state index in [1.807, 2.05) is 42.7 Å². The van der Waals surface area contributed by atoms with Gasteiger partial charge in [-0.05, 0) is 31.0 Å². The van der Waals surface area contributed by atoms with Crippen LogP contribution in [-0.4, -0.2) is 27.9 Å². The Morgan fingerprint density at radius 2 is 2.04 bits per heavy atom. The lowest BCUT2D eigenvalue weighted by atomic mass is 10.0. The number of rotatable bonds is 7. The van der Waals surface area contributed by atoms with Crippen molar-refractivity contribution < 1.29 is 9.53 Å². The molecule has 0 aliphatic carbocycles. The van der Waals surface area contributed by atoms with E-state index in [0.29, 0.717) is 6.54 Å². The van der Waals surface area contributed by atoms with E-state index in [4.69, 9.17) is 4.74 Å². The van der Waals surface area contributed by atoms with Crippen molar-refractivity contribution in [3.63, 3.8) is 0 Å². The molecule has 2 aromatic rings. The normalized spacial score (nSPS) is 11.8. The number of hydrogen-bond donors (Lipinski definition) is 2. The quantitative estimate of drug-likeness (QED) is 0.821. The Hall–Kier alpha value is -2.57. The van der Waals surface area contributed by atoms with Crippen molar-refractivity contribution >= 4 is 6.03 Å². The van der Waals surface area contributed by atoms with Gasteiger partial charge in [-0.15, -0.1) is 10.2 Å². The van der Waals surface area contributed by atoms with E-state index in [-0.39, 0.29) is 12.1 Å². The van der Waals surface area contributed by atoms with Gasteiger partial charge in [-0.1, -0.05) is 19.1 Å². The van der Waals surface area contributed by atoms with E-state index in [2.05, 4.69) is 20.8 Å². The van der Waals surface area contributed by atoms with Gasteiger partial charge in [0.2, 0.25) is 0 Å². The van der Waals surface area contributed by atoms with Crippen molar-refractivity contribution in [2.75, 3.05) is 7.11 Å². The van der Waals surface area contributed by atoms with Crippen LogP contribution in [0.25, 0.3) is 0 Å². The molecule has 0 aliphatic heterocycles. The number of nitrogens with one attached hydrogen (secondary N) is 2. The van der Waals surface area contributed by atoms with Crippen molar-refractivity contribution in [3.05, 3.63) is 42.0 Å². The maximum absolute atomic E-state index is 12.1. The van der Waals surface area contributed by atoms with E-state index >= 15 is 0 Å². The first kappa shape index (κ1) is 16.8. The number of nitrogens with zero attached hydrogens (tertiary/aromatic N) is 3. The molecule has 124 valence electrons. The Morgan fingerprint density at radius 3 is 2.65 bits per heavy atom. The van der Waals surface area contributed by atoms with Crippen LogP contribution in [0.2, 0.25) is 0 Å². The van der Waals surface area contributed by atoms with Gasteiger partial charge in [-0.3, -0.25) is 0 Å². The van der Waals surface area contributed by atoms with Crippen LogP contribution < -0.4 is 15.4 Å². The van der Waals surface area contributed by atoms with E-state index in [1.54, 1.807) is 13.4 Å². The number of aromatic nitrogens is 3. The second-order valence-electron chi connectivity index (χ2n) is 5.09. The summed E-state index contributed by atoms with van der Waals surface area (Å²) in [5, 5.41) is 13.6. The highest BCUT2D eigenvalue weighted by Crippen LogP contribution is 2.19. The molecule has 0 unspecified atom stereocenters. The molecule has 23 heavy (non-hydrogen) atoms. The smallest absolute Gasteiger partial charge is 0.315 e. The molecule has 0 fully saturated rings. The Bertz CT molecular complexity index is 624. The molecule has 2 amide bonds. The van der Waals surface area contributed by atoms with Gasteiger partial charge in [0.05, 0.1) is 19.7 Å². The number of aryl methyl sites for hydroxylation is 1. The van der Waals surface area contributed by atoms with Gasteiger partial charge in [-0.25, -0.2) is 4.79 Å². The average molecular weight is 317 g/mol. The van der Waals surface area contributed by atoms with Crippen LogP contribution in [-0.2, 0) is 13.1 Å². The van der Waals surface area contributed by atoms with Gasteiger partial charge in [0.1, 0.15) is 12.1 Å². The van der Waals surface area contributed by atoms with E-state index in [9.17, 15) is 4.79 Å². The average Bonchev–Trinajstić information content (AvgIpc) is 3.05. The van der Waals surface area contributed by atoms with Gasteiger partial charge in [0, 0.05) is 6.54 Å². The monoisotopic (exact) mass is 317 g/mol. The molecule has 0 saturated carbocycles. The van der Waals surface area contributed by atoms with Crippen LogP contribution in [0.4, 0.5) is 4.79 Å². The molecule has 0 bridgehead atoms. The SMILES string of the molecule is CC[C@H](NC(=O)NCc1nncn1CC)c1ccc(OC)cc1. The molecule has 1 heterocycles. The van der Waals surface area contributed by atoms with Gasteiger partial charge >= 0.3 is 6.03 Å². The minimum Gasteiger partial charge on any atom is -0.497 e. The maximum atomic E-state index is 12.1. The summed E-state index contributed by atoms with van der Waals surface area (Å²) in [5.74, 6) is 1.53. The van der Waals surface area contributed by atoms with Crippen molar-refractivity contribution in [1.29, 1.82) is 0 Å². The van der Waals surface area contributed by atoms with Gasteiger partial charge < -0.3 is 19.9 Å². The molecule has 1 aromatic heterocycles. The summed E-state index contributed by atoms with van der Waals surface area (Å²) >= 11 is 0. The molecular formula is C16H23N5O2. The first-order valence-corrected chi connectivity index (χ1v) is 7.72. The third-order valence-corrected chi connectivity index (χ3v) is 3.68. The molecule has 0 saturated heterocycles. The zero-order valence-corrected chi connectivity index (χ0v) is 13.7. The van der Waals surface area contributed by atoms with Crippen LogP contribution in [0, 0.1) is 0 Å². The Balaban J connectivity index is 1.91. The highest BCUT2D eigenvalue weighted by molar-refractivity contribution is 5.74. The second-order valence-corrected chi connectivity index (χ2v) is 5.09. The minimum atomic E-state index is -0.224. The summed E-state index contributed by atoms with van der Waals surface area (Å²) in [5.41, 5.74) is 1.04. The number of methoxy groups -OCH3 is 1. The predicted molar refractivity (Wildman–Crippen MR) is 87.1 cm³/mol. The molecule has 7 nitrogen and oxygen atoms in total. The van der Waals surface area contributed by atoms with Crippen LogP contribution >= 0.6 is 0 Å².